The highest BCUT2D eigenvalue weighted by atomic mass is 16.5. The van der Waals surface area contributed by atoms with Crippen molar-refractivity contribution < 1.29 is 28.7 Å². The summed E-state index contributed by atoms with van der Waals surface area (Å²) in [4.78, 5) is 69.7. The Morgan fingerprint density at radius 3 is 2.35 bits per heavy atom. The van der Waals surface area contributed by atoms with E-state index in [1.807, 2.05) is 44.2 Å². The second-order valence-electron chi connectivity index (χ2n) is 12.9. The summed E-state index contributed by atoms with van der Waals surface area (Å²) < 4.78 is 5.91. The number of carbonyl (C=O) groups is 5. The van der Waals surface area contributed by atoms with Gasteiger partial charge in [0, 0.05) is 26.1 Å². The van der Waals surface area contributed by atoms with Crippen molar-refractivity contribution in [2.45, 2.75) is 76.9 Å². The van der Waals surface area contributed by atoms with Crippen LogP contribution in [0, 0.1) is 5.92 Å². The van der Waals surface area contributed by atoms with Crippen LogP contribution in [0.5, 0.6) is 5.75 Å². The molecule has 0 aliphatic carbocycles. The van der Waals surface area contributed by atoms with Crippen molar-refractivity contribution in [2.24, 2.45) is 5.92 Å². The number of benzene rings is 2. The lowest BCUT2D eigenvalue weighted by molar-refractivity contribution is -0.133. The predicted octanol–water partition coefficient (Wildman–Crippen LogP) is 1.93. The maximum absolute atomic E-state index is 13.7. The first-order valence-corrected chi connectivity index (χ1v) is 17.1. The van der Waals surface area contributed by atoms with Gasteiger partial charge in [-0.1, -0.05) is 62.7 Å². The minimum absolute atomic E-state index is 0.0328. The van der Waals surface area contributed by atoms with Crippen LogP contribution in [0.15, 0.2) is 54.6 Å². The zero-order valence-corrected chi connectivity index (χ0v) is 28.1. The smallest absolute Gasteiger partial charge is 0.255 e. The lowest BCUT2D eigenvalue weighted by atomic mass is 10.0. The van der Waals surface area contributed by atoms with Crippen molar-refractivity contribution in [3.8, 4) is 5.75 Å². The van der Waals surface area contributed by atoms with Gasteiger partial charge < -0.3 is 36.2 Å². The summed E-state index contributed by atoms with van der Waals surface area (Å²) in [5, 5.41) is 14.2. The normalized spacial score (nSPS) is 22.1. The van der Waals surface area contributed by atoms with Gasteiger partial charge in [0.25, 0.3) is 5.91 Å². The molecule has 1 fully saturated rings. The van der Waals surface area contributed by atoms with Crippen molar-refractivity contribution in [3.63, 3.8) is 0 Å². The largest absolute Gasteiger partial charge is 0.493 e. The van der Waals surface area contributed by atoms with Gasteiger partial charge in [-0.05, 0) is 62.4 Å². The van der Waals surface area contributed by atoms with Crippen LogP contribution >= 0.6 is 0 Å². The fourth-order valence-electron chi connectivity index (χ4n) is 5.93. The first kappa shape index (κ1) is 36.4. The van der Waals surface area contributed by atoms with E-state index in [4.69, 9.17) is 4.74 Å². The van der Waals surface area contributed by atoms with Gasteiger partial charge in [0.05, 0.1) is 18.6 Å². The Balaban J connectivity index is 1.56. The molecular formula is C36H50N6O6. The van der Waals surface area contributed by atoms with E-state index in [0.29, 0.717) is 31.7 Å². The maximum Gasteiger partial charge on any atom is 0.255 e. The predicted molar refractivity (Wildman–Crippen MR) is 182 cm³/mol. The summed E-state index contributed by atoms with van der Waals surface area (Å²) in [6.07, 6.45) is 4.07. The number of nitrogens with zero attached hydrogens (tertiary/aromatic N) is 1. The average molecular weight is 663 g/mol. The Kier molecular flexibility index (Phi) is 14.2. The molecule has 260 valence electrons. The highest BCUT2D eigenvalue weighted by molar-refractivity contribution is 6.01. The molecule has 2 aliphatic rings. The number of hydrogen-bond donors (Lipinski definition) is 5. The van der Waals surface area contributed by atoms with Gasteiger partial charge in [-0.25, -0.2) is 0 Å². The minimum atomic E-state index is -1.20. The van der Waals surface area contributed by atoms with Crippen LogP contribution in [0.25, 0.3) is 0 Å². The fourth-order valence-corrected chi connectivity index (χ4v) is 5.93. The standard InChI is InChI=1S/C36H50N6O6/c1-25(2)22-28-36(47)41-29(23-26-12-5-3-6-13-26)34(45)37-16-11-21-48-31-15-8-7-14-27(31)33(44)40-30(24-32(43)39-28)35(46)38-17-20-42-18-9-4-10-19-42/h3,5-8,12-15,25,28-30H,4,9-11,16-24H2,1-2H3,(H,37,45)(H,38,46)(H,39,43)(H,40,44)(H,41,47)/t28-,29-,30-/m0/s1. The van der Waals surface area contributed by atoms with Gasteiger partial charge in [0.2, 0.25) is 23.6 Å². The van der Waals surface area contributed by atoms with Gasteiger partial charge in [-0.3, -0.25) is 24.0 Å². The summed E-state index contributed by atoms with van der Waals surface area (Å²) in [6.45, 7) is 7.33. The van der Waals surface area contributed by atoms with Crippen LogP contribution in [0.1, 0.15) is 68.3 Å². The van der Waals surface area contributed by atoms with Crippen molar-refractivity contribution >= 4 is 29.5 Å². The molecule has 5 amide bonds. The van der Waals surface area contributed by atoms with E-state index < -0.39 is 41.8 Å². The Bertz CT molecular complexity index is 1380. The first-order valence-electron chi connectivity index (χ1n) is 17.1. The lowest BCUT2D eigenvalue weighted by Crippen LogP contribution is -2.56. The quantitative estimate of drug-likeness (QED) is 0.289. The zero-order valence-electron chi connectivity index (χ0n) is 28.1. The molecule has 1 saturated heterocycles. The number of likely N-dealkylation sites (tertiary alicyclic amines) is 1. The highest BCUT2D eigenvalue weighted by Gasteiger charge is 2.31. The third-order valence-corrected chi connectivity index (χ3v) is 8.47. The van der Waals surface area contributed by atoms with E-state index in [-0.39, 0.29) is 43.4 Å². The van der Waals surface area contributed by atoms with E-state index >= 15 is 0 Å². The lowest BCUT2D eigenvalue weighted by Gasteiger charge is -2.27. The van der Waals surface area contributed by atoms with Gasteiger partial charge >= 0.3 is 0 Å². The molecular weight excluding hydrogens is 612 g/mol. The van der Waals surface area contributed by atoms with E-state index in [0.717, 1.165) is 31.5 Å². The maximum atomic E-state index is 13.7. The summed E-state index contributed by atoms with van der Waals surface area (Å²) in [5.41, 5.74) is 1.09. The summed E-state index contributed by atoms with van der Waals surface area (Å²) >= 11 is 0. The van der Waals surface area contributed by atoms with Gasteiger partial charge in [-0.2, -0.15) is 0 Å². The molecule has 2 heterocycles. The van der Waals surface area contributed by atoms with E-state index in [1.165, 1.54) is 6.42 Å². The molecule has 0 bridgehead atoms. The number of carbonyl (C=O) groups excluding carboxylic acids is 5. The molecule has 0 unspecified atom stereocenters. The molecule has 0 saturated carbocycles. The molecule has 3 atom stereocenters. The Morgan fingerprint density at radius 1 is 0.875 bits per heavy atom. The Morgan fingerprint density at radius 2 is 1.60 bits per heavy atom. The molecule has 0 spiro atoms. The number of nitrogens with one attached hydrogen (secondary N) is 5. The molecule has 2 aromatic carbocycles. The average Bonchev–Trinajstić information content (AvgIpc) is 3.07. The van der Waals surface area contributed by atoms with Crippen LogP contribution in [-0.4, -0.2) is 91.9 Å². The summed E-state index contributed by atoms with van der Waals surface area (Å²) in [5.74, 6) is -2.14. The third kappa shape index (κ3) is 11.7. The number of rotatable bonds is 8. The highest BCUT2D eigenvalue weighted by Crippen LogP contribution is 2.19. The van der Waals surface area contributed by atoms with Crippen LogP contribution in [0.3, 0.4) is 0 Å². The Hall–Kier alpha value is -4.45. The molecule has 0 aromatic heterocycles. The second kappa shape index (κ2) is 18.8. The SMILES string of the molecule is CC(C)C[C@@H]1NC(=O)C[C@@H](C(=O)NCCN2CCCCC2)NC(=O)c2ccccc2OCCCNC(=O)[C@H](Cc2ccccc2)NC1=O. The Labute approximate surface area is 283 Å². The van der Waals surface area contributed by atoms with Gasteiger partial charge in [-0.15, -0.1) is 0 Å². The van der Waals surface area contributed by atoms with E-state index in [1.54, 1.807) is 24.3 Å². The molecule has 12 nitrogen and oxygen atoms in total. The van der Waals surface area contributed by atoms with Crippen molar-refractivity contribution in [1.29, 1.82) is 0 Å². The topological polar surface area (TPSA) is 158 Å². The fraction of sp³-hybridized carbons (Fsp3) is 0.528. The summed E-state index contributed by atoms with van der Waals surface area (Å²) in [7, 11) is 0. The van der Waals surface area contributed by atoms with Crippen molar-refractivity contribution in [3.05, 3.63) is 65.7 Å². The molecule has 48 heavy (non-hydrogen) atoms. The van der Waals surface area contributed by atoms with E-state index in [9.17, 15) is 24.0 Å². The summed E-state index contributed by atoms with van der Waals surface area (Å²) in [6, 6.07) is 13.0. The number of para-hydroxylation sites is 1. The number of fused-ring (bicyclic) bond motifs is 1. The number of hydrogen-bond acceptors (Lipinski definition) is 7. The number of piperidine rings is 1. The van der Waals surface area contributed by atoms with Gasteiger partial charge in [0.1, 0.15) is 23.9 Å². The monoisotopic (exact) mass is 662 g/mol. The zero-order chi connectivity index (χ0) is 34.3. The first-order chi connectivity index (χ1) is 23.2. The molecule has 12 heteroatoms. The molecule has 5 N–H and O–H groups in total. The van der Waals surface area contributed by atoms with Gasteiger partial charge in [0.15, 0.2) is 0 Å². The second-order valence-corrected chi connectivity index (χ2v) is 12.9. The van der Waals surface area contributed by atoms with Crippen molar-refractivity contribution in [1.82, 2.24) is 31.5 Å². The van der Waals surface area contributed by atoms with Crippen LogP contribution in [-0.2, 0) is 25.6 Å². The molecule has 0 radical (unpaired) electrons. The van der Waals surface area contributed by atoms with Crippen LogP contribution < -0.4 is 31.3 Å². The molecule has 2 aromatic rings. The third-order valence-electron chi connectivity index (χ3n) is 8.47. The van der Waals surface area contributed by atoms with Crippen LogP contribution in [0.4, 0.5) is 0 Å². The van der Waals surface area contributed by atoms with E-state index in [2.05, 4.69) is 31.5 Å². The van der Waals surface area contributed by atoms with Crippen molar-refractivity contribution in [2.75, 3.05) is 39.3 Å². The molecule has 4 rings (SSSR count). The number of ether oxygens (including phenoxy) is 1. The molecule has 2 aliphatic heterocycles. The minimum Gasteiger partial charge on any atom is -0.493 e. The van der Waals surface area contributed by atoms with Crippen LogP contribution in [0.2, 0.25) is 0 Å². The number of amides is 5.